The van der Waals surface area contributed by atoms with Gasteiger partial charge in [-0.15, -0.1) is 0 Å². The molecule has 5 heteroatoms. The van der Waals surface area contributed by atoms with Gasteiger partial charge < -0.3 is 20.6 Å². The van der Waals surface area contributed by atoms with E-state index in [9.17, 15) is 4.79 Å². The van der Waals surface area contributed by atoms with Crippen LogP contribution < -0.4 is 10.5 Å². The molecular weight excluding hydrogens is 232 g/mol. The summed E-state index contributed by atoms with van der Waals surface area (Å²) in [6.45, 7) is 2.50. The lowest BCUT2D eigenvalue weighted by Crippen LogP contribution is -2.01. The highest BCUT2D eigenvalue weighted by molar-refractivity contribution is 6.00. The van der Waals surface area contributed by atoms with Crippen LogP contribution in [0.5, 0.6) is 5.75 Å². The summed E-state index contributed by atoms with van der Waals surface area (Å²) in [4.78, 5) is 14.0. The molecule has 0 unspecified atom stereocenters. The summed E-state index contributed by atoms with van der Waals surface area (Å²) >= 11 is 0. The third kappa shape index (κ3) is 2.15. The summed E-state index contributed by atoms with van der Waals surface area (Å²) in [6.07, 6.45) is 1.48. The van der Waals surface area contributed by atoms with E-state index >= 15 is 0 Å². The van der Waals surface area contributed by atoms with E-state index in [1.165, 1.54) is 6.20 Å². The number of nitrogen functional groups attached to an aromatic ring is 1. The topological polar surface area (TPSA) is 88.3 Å². The average Bonchev–Trinajstić information content (AvgIpc) is 2.73. The number of hydrogen-bond acceptors (Lipinski definition) is 3. The summed E-state index contributed by atoms with van der Waals surface area (Å²) in [6, 6.07) is 7.18. The molecule has 0 fully saturated rings. The van der Waals surface area contributed by atoms with E-state index in [-0.39, 0.29) is 11.3 Å². The van der Waals surface area contributed by atoms with Crippen molar-refractivity contribution in [1.29, 1.82) is 0 Å². The SMILES string of the molecule is CCOc1ccc(-c2[nH]cc(N)c2C(=O)O)cc1. The Kier molecular flexibility index (Phi) is 3.23. The first-order valence-corrected chi connectivity index (χ1v) is 5.57. The van der Waals surface area contributed by atoms with E-state index in [1.807, 2.05) is 6.92 Å². The number of ether oxygens (including phenoxy) is 1. The number of H-pyrrole nitrogens is 1. The van der Waals surface area contributed by atoms with Crippen LogP contribution in [0, 0.1) is 0 Å². The minimum atomic E-state index is -1.04. The molecule has 0 aliphatic heterocycles. The van der Waals surface area contributed by atoms with Gasteiger partial charge in [0.2, 0.25) is 0 Å². The zero-order valence-corrected chi connectivity index (χ0v) is 9.93. The van der Waals surface area contributed by atoms with Gasteiger partial charge in [-0.3, -0.25) is 0 Å². The van der Waals surface area contributed by atoms with E-state index in [1.54, 1.807) is 24.3 Å². The quantitative estimate of drug-likeness (QED) is 0.772. The standard InChI is InChI=1S/C13H14N2O3/c1-2-18-9-5-3-8(4-6-9)12-11(13(16)17)10(14)7-15-12/h3-7,15H,2,14H2,1H3,(H,16,17). The molecule has 94 valence electrons. The van der Waals surface area contributed by atoms with Crippen LogP contribution in [-0.4, -0.2) is 22.7 Å². The Hall–Kier alpha value is -2.43. The number of hydrogen-bond donors (Lipinski definition) is 3. The molecule has 0 saturated heterocycles. The van der Waals surface area contributed by atoms with Crippen LogP contribution in [-0.2, 0) is 0 Å². The predicted molar refractivity (Wildman–Crippen MR) is 68.8 cm³/mol. The Balaban J connectivity index is 2.40. The molecule has 0 bridgehead atoms. The van der Waals surface area contributed by atoms with Gasteiger partial charge in [0.25, 0.3) is 0 Å². The molecule has 4 N–H and O–H groups in total. The number of carboxylic acid groups (broad SMARTS) is 1. The first kappa shape index (κ1) is 12.0. The lowest BCUT2D eigenvalue weighted by Gasteiger charge is -2.05. The van der Waals surface area contributed by atoms with Gasteiger partial charge in [-0.25, -0.2) is 4.79 Å². The number of aromatic amines is 1. The summed E-state index contributed by atoms with van der Waals surface area (Å²) in [7, 11) is 0. The number of nitrogens with one attached hydrogen (secondary N) is 1. The monoisotopic (exact) mass is 246 g/mol. The molecule has 0 aliphatic carbocycles. The fourth-order valence-electron chi connectivity index (χ4n) is 1.78. The third-order valence-electron chi connectivity index (χ3n) is 2.58. The number of aromatic nitrogens is 1. The van der Waals surface area contributed by atoms with E-state index in [0.717, 1.165) is 11.3 Å². The smallest absolute Gasteiger partial charge is 0.340 e. The molecule has 0 atom stereocenters. The van der Waals surface area contributed by atoms with Gasteiger partial charge in [-0.05, 0) is 36.8 Å². The first-order chi connectivity index (χ1) is 8.63. The predicted octanol–water partition coefficient (Wildman–Crippen LogP) is 2.36. The minimum Gasteiger partial charge on any atom is -0.494 e. The second kappa shape index (κ2) is 4.83. The Bertz CT molecular complexity index is 558. The van der Waals surface area contributed by atoms with Crippen LogP contribution in [0.4, 0.5) is 5.69 Å². The van der Waals surface area contributed by atoms with Crippen LogP contribution in [0.3, 0.4) is 0 Å². The zero-order chi connectivity index (χ0) is 13.1. The van der Waals surface area contributed by atoms with Gasteiger partial charge in [0.1, 0.15) is 11.3 Å². The molecule has 0 spiro atoms. The van der Waals surface area contributed by atoms with E-state index in [2.05, 4.69) is 4.98 Å². The van der Waals surface area contributed by atoms with Crippen molar-refractivity contribution in [2.75, 3.05) is 12.3 Å². The Morgan fingerprint density at radius 2 is 2.06 bits per heavy atom. The van der Waals surface area contributed by atoms with Gasteiger partial charge in [-0.1, -0.05) is 0 Å². The maximum absolute atomic E-state index is 11.1. The Labute approximate surface area is 104 Å². The number of nitrogens with two attached hydrogens (primary N) is 1. The second-order valence-electron chi connectivity index (χ2n) is 3.76. The fraction of sp³-hybridized carbons (Fsp3) is 0.154. The lowest BCUT2D eigenvalue weighted by atomic mass is 10.1. The minimum absolute atomic E-state index is 0.0964. The van der Waals surface area contributed by atoms with E-state index in [4.69, 9.17) is 15.6 Å². The van der Waals surface area contributed by atoms with Gasteiger partial charge in [0.05, 0.1) is 18.0 Å². The maximum atomic E-state index is 11.1. The molecule has 2 aromatic rings. The number of aromatic carboxylic acids is 1. The van der Waals surface area contributed by atoms with Crippen molar-refractivity contribution in [3.8, 4) is 17.0 Å². The second-order valence-corrected chi connectivity index (χ2v) is 3.76. The summed E-state index contributed by atoms with van der Waals surface area (Å²) < 4.78 is 5.33. The van der Waals surface area contributed by atoms with Crippen LogP contribution in [0.2, 0.25) is 0 Å². The van der Waals surface area contributed by atoms with Gasteiger partial charge in [0.15, 0.2) is 0 Å². The van der Waals surface area contributed by atoms with Crippen LogP contribution in [0.25, 0.3) is 11.3 Å². The summed E-state index contributed by atoms with van der Waals surface area (Å²) in [5, 5.41) is 9.11. The van der Waals surface area contributed by atoms with Crippen molar-refractivity contribution in [1.82, 2.24) is 4.98 Å². The highest BCUT2D eigenvalue weighted by Gasteiger charge is 2.17. The van der Waals surface area contributed by atoms with Crippen LogP contribution in [0.1, 0.15) is 17.3 Å². The van der Waals surface area contributed by atoms with Crippen LogP contribution >= 0.6 is 0 Å². The molecule has 0 amide bonds. The summed E-state index contributed by atoms with van der Waals surface area (Å²) in [5.41, 5.74) is 7.20. The molecule has 2 rings (SSSR count). The third-order valence-corrected chi connectivity index (χ3v) is 2.58. The molecule has 0 radical (unpaired) electrons. The maximum Gasteiger partial charge on any atom is 0.340 e. The Morgan fingerprint density at radius 1 is 1.39 bits per heavy atom. The highest BCUT2D eigenvalue weighted by Crippen LogP contribution is 2.28. The number of carbonyl (C=O) groups is 1. The molecule has 1 aromatic carbocycles. The summed E-state index contributed by atoms with van der Waals surface area (Å²) in [5.74, 6) is -0.296. The highest BCUT2D eigenvalue weighted by atomic mass is 16.5. The van der Waals surface area contributed by atoms with Crippen molar-refractivity contribution in [2.45, 2.75) is 6.92 Å². The molecule has 0 aliphatic rings. The van der Waals surface area contributed by atoms with Crippen LogP contribution in [0.15, 0.2) is 30.5 Å². The van der Waals surface area contributed by atoms with Gasteiger partial charge in [-0.2, -0.15) is 0 Å². The van der Waals surface area contributed by atoms with Crippen molar-refractivity contribution < 1.29 is 14.6 Å². The Morgan fingerprint density at radius 3 is 2.61 bits per heavy atom. The molecule has 1 heterocycles. The molecule has 18 heavy (non-hydrogen) atoms. The van der Waals surface area contributed by atoms with Gasteiger partial charge in [0, 0.05) is 6.20 Å². The van der Waals surface area contributed by atoms with Crippen molar-refractivity contribution in [3.63, 3.8) is 0 Å². The number of benzene rings is 1. The number of anilines is 1. The first-order valence-electron chi connectivity index (χ1n) is 5.57. The lowest BCUT2D eigenvalue weighted by molar-refractivity contribution is 0.0699. The molecule has 0 saturated carbocycles. The van der Waals surface area contributed by atoms with Crippen molar-refractivity contribution in [2.24, 2.45) is 0 Å². The molecular formula is C13H14N2O3. The molecule has 5 nitrogen and oxygen atoms in total. The van der Waals surface area contributed by atoms with Crippen molar-refractivity contribution in [3.05, 3.63) is 36.0 Å². The number of rotatable bonds is 4. The zero-order valence-electron chi connectivity index (χ0n) is 9.93. The van der Waals surface area contributed by atoms with E-state index < -0.39 is 5.97 Å². The number of carboxylic acids is 1. The van der Waals surface area contributed by atoms with Gasteiger partial charge >= 0.3 is 5.97 Å². The largest absolute Gasteiger partial charge is 0.494 e. The van der Waals surface area contributed by atoms with Crippen molar-refractivity contribution >= 4 is 11.7 Å². The van der Waals surface area contributed by atoms with E-state index in [0.29, 0.717) is 12.3 Å². The molecule has 1 aromatic heterocycles. The normalized spacial score (nSPS) is 10.3. The fourth-order valence-corrected chi connectivity index (χ4v) is 1.78. The average molecular weight is 246 g/mol.